The third-order valence-corrected chi connectivity index (χ3v) is 3.76. The van der Waals surface area contributed by atoms with Gasteiger partial charge in [-0.15, -0.1) is 0 Å². The highest BCUT2D eigenvalue weighted by atomic mass is 16.5. The Morgan fingerprint density at radius 3 is 2.86 bits per heavy atom. The standard InChI is InChI=1S/C16H24N2O3/c1-3-21-15-7-5-4-6-12(15)11-17-16(19)18-13-8-9-14(10-13)20-2/h4-7,13-14H,3,8-11H2,1-2H3,(H2,17,18,19)/t13-,14-/m0/s1. The van der Waals surface area contributed by atoms with E-state index in [2.05, 4.69) is 10.6 Å². The molecule has 116 valence electrons. The van der Waals surface area contributed by atoms with E-state index in [1.807, 2.05) is 31.2 Å². The Bertz CT molecular complexity index is 465. The number of nitrogens with one attached hydrogen (secondary N) is 2. The van der Waals surface area contributed by atoms with Gasteiger partial charge < -0.3 is 20.1 Å². The molecule has 2 amide bonds. The molecule has 0 spiro atoms. The fourth-order valence-electron chi connectivity index (χ4n) is 2.64. The fraction of sp³-hybridized carbons (Fsp3) is 0.562. The van der Waals surface area contributed by atoms with Crippen molar-refractivity contribution in [1.82, 2.24) is 10.6 Å². The molecular formula is C16H24N2O3. The smallest absolute Gasteiger partial charge is 0.315 e. The molecule has 0 saturated heterocycles. The number of para-hydroxylation sites is 1. The van der Waals surface area contributed by atoms with Gasteiger partial charge in [-0.3, -0.25) is 0 Å². The molecular weight excluding hydrogens is 268 g/mol. The van der Waals surface area contributed by atoms with Crippen LogP contribution in [0, 0.1) is 0 Å². The third-order valence-electron chi connectivity index (χ3n) is 3.76. The van der Waals surface area contributed by atoms with Gasteiger partial charge in [0.15, 0.2) is 0 Å². The summed E-state index contributed by atoms with van der Waals surface area (Å²) in [6, 6.07) is 7.82. The summed E-state index contributed by atoms with van der Waals surface area (Å²) in [4.78, 5) is 11.9. The monoisotopic (exact) mass is 292 g/mol. The molecule has 2 N–H and O–H groups in total. The summed E-state index contributed by atoms with van der Waals surface area (Å²) in [5.41, 5.74) is 0.982. The minimum absolute atomic E-state index is 0.136. The maximum Gasteiger partial charge on any atom is 0.315 e. The lowest BCUT2D eigenvalue weighted by molar-refractivity contribution is 0.107. The Morgan fingerprint density at radius 1 is 1.33 bits per heavy atom. The first kappa shape index (κ1) is 15.6. The molecule has 1 saturated carbocycles. The molecule has 1 aromatic carbocycles. The molecule has 0 aromatic heterocycles. The number of methoxy groups -OCH3 is 1. The van der Waals surface area contributed by atoms with Crippen LogP contribution in [0.2, 0.25) is 0 Å². The Morgan fingerprint density at radius 2 is 2.14 bits per heavy atom. The molecule has 0 unspecified atom stereocenters. The average Bonchev–Trinajstić information content (AvgIpc) is 2.94. The molecule has 1 aromatic rings. The van der Waals surface area contributed by atoms with Crippen molar-refractivity contribution >= 4 is 6.03 Å². The minimum atomic E-state index is -0.136. The molecule has 0 heterocycles. The third kappa shape index (κ3) is 4.63. The van der Waals surface area contributed by atoms with Gasteiger partial charge in [0.1, 0.15) is 5.75 Å². The minimum Gasteiger partial charge on any atom is -0.494 e. The van der Waals surface area contributed by atoms with Gasteiger partial charge in [-0.1, -0.05) is 18.2 Å². The molecule has 0 bridgehead atoms. The maximum atomic E-state index is 11.9. The topological polar surface area (TPSA) is 59.6 Å². The number of ether oxygens (including phenoxy) is 2. The number of hydrogen-bond acceptors (Lipinski definition) is 3. The summed E-state index contributed by atoms with van der Waals surface area (Å²) in [7, 11) is 1.72. The maximum absolute atomic E-state index is 11.9. The van der Waals surface area contributed by atoms with E-state index in [0.29, 0.717) is 13.2 Å². The van der Waals surface area contributed by atoms with E-state index in [0.717, 1.165) is 30.6 Å². The molecule has 5 heteroatoms. The van der Waals surface area contributed by atoms with Crippen LogP contribution in [0.15, 0.2) is 24.3 Å². The van der Waals surface area contributed by atoms with Gasteiger partial charge in [0.05, 0.1) is 12.7 Å². The predicted octanol–water partition coefficient (Wildman–Crippen LogP) is 2.45. The van der Waals surface area contributed by atoms with Gasteiger partial charge in [-0.25, -0.2) is 4.79 Å². The van der Waals surface area contributed by atoms with Crippen molar-refractivity contribution < 1.29 is 14.3 Å². The quantitative estimate of drug-likeness (QED) is 0.846. The first-order chi connectivity index (χ1) is 10.2. The highest BCUT2D eigenvalue weighted by Gasteiger charge is 2.25. The van der Waals surface area contributed by atoms with Crippen LogP contribution in [0.4, 0.5) is 4.79 Å². The van der Waals surface area contributed by atoms with Crippen molar-refractivity contribution in [1.29, 1.82) is 0 Å². The number of amides is 2. The zero-order valence-corrected chi connectivity index (χ0v) is 12.7. The second kappa shape index (κ2) is 7.88. The molecule has 5 nitrogen and oxygen atoms in total. The van der Waals surface area contributed by atoms with Gasteiger partial charge in [-0.05, 0) is 32.3 Å². The summed E-state index contributed by atoms with van der Waals surface area (Å²) in [6.45, 7) is 3.02. The van der Waals surface area contributed by atoms with Crippen LogP contribution < -0.4 is 15.4 Å². The van der Waals surface area contributed by atoms with Crippen molar-refractivity contribution in [3.05, 3.63) is 29.8 Å². The molecule has 1 aliphatic carbocycles. The summed E-state index contributed by atoms with van der Waals surface area (Å²) < 4.78 is 10.8. The van der Waals surface area contributed by atoms with Gasteiger partial charge >= 0.3 is 6.03 Å². The first-order valence-corrected chi connectivity index (χ1v) is 7.50. The lowest BCUT2D eigenvalue weighted by Crippen LogP contribution is -2.40. The second-order valence-corrected chi connectivity index (χ2v) is 5.24. The van der Waals surface area contributed by atoms with Crippen LogP contribution >= 0.6 is 0 Å². The zero-order chi connectivity index (χ0) is 15.1. The van der Waals surface area contributed by atoms with E-state index in [1.165, 1.54) is 0 Å². The Labute approximate surface area is 126 Å². The molecule has 21 heavy (non-hydrogen) atoms. The van der Waals surface area contributed by atoms with Crippen molar-refractivity contribution in [2.24, 2.45) is 0 Å². The van der Waals surface area contributed by atoms with E-state index in [-0.39, 0.29) is 18.2 Å². The van der Waals surface area contributed by atoms with E-state index in [4.69, 9.17) is 9.47 Å². The highest BCUT2D eigenvalue weighted by Crippen LogP contribution is 2.21. The molecule has 2 rings (SSSR count). The summed E-state index contributed by atoms with van der Waals surface area (Å²) in [5.74, 6) is 0.820. The summed E-state index contributed by atoms with van der Waals surface area (Å²) in [5, 5.41) is 5.88. The van der Waals surface area contributed by atoms with E-state index < -0.39 is 0 Å². The predicted molar refractivity (Wildman–Crippen MR) is 81.4 cm³/mol. The van der Waals surface area contributed by atoms with Gasteiger partial charge in [-0.2, -0.15) is 0 Å². The largest absolute Gasteiger partial charge is 0.494 e. The Kier molecular flexibility index (Phi) is 5.87. The molecule has 0 radical (unpaired) electrons. The summed E-state index contributed by atoms with van der Waals surface area (Å²) in [6.07, 6.45) is 3.14. The number of benzene rings is 1. The van der Waals surface area contributed by atoms with Crippen molar-refractivity contribution in [2.45, 2.75) is 44.9 Å². The van der Waals surface area contributed by atoms with Crippen LogP contribution in [0.3, 0.4) is 0 Å². The van der Waals surface area contributed by atoms with Crippen LogP contribution in [-0.2, 0) is 11.3 Å². The molecule has 1 fully saturated rings. The number of carbonyl (C=O) groups excluding carboxylic acids is 1. The number of hydrogen-bond donors (Lipinski definition) is 2. The zero-order valence-electron chi connectivity index (χ0n) is 12.7. The number of rotatable bonds is 6. The molecule has 2 atom stereocenters. The first-order valence-electron chi connectivity index (χ1n) is 7.50. The van der Waals surface area contributed by atoms with Crippen LogP contribution in [0.25, 0.3) is 0 Å². The van der Waals surface area contributed by atoms with Crippen molar-refractivity contribution in [3.63, 3.8) is 0 Å². The van der Waals surface area contributed by atoms with Crippen LogP contribution in [-0.4, -0.2) is 31.9 Å². The normalized spacial score (nSPS) is 21.0. The van der Waals surface area contributed by atoms with Crippen LogP contribution in [0.5, 0.6) is 5.75 Å². The number of carbonyl (C=O) groups is 1. The Balaban J connectivity index is 1.79. The SMILES string of the molecule is CCOc1ccccc1CNC(=O)N[C@H]1CC[C@H](OC)C1. The lowest BCUT2D eigenvalue weighted by atomic mass is 10.2. The Hall–Kier alpha value is -1.75. The van der Waals surface area contributed by atoms with E-state index in [1.54, 1.807) is 7.11 Å². The van der Waals surface area contributed by atoms with Crippen molar-refractivity contribution in [3.8, 4) is 5.75 Å². The van der Waals surface area contributed by atoms with Gasteiger partial charge in [0.25, 0.3) is 0 Å². The van der Waals surface area contributed by atoms with Gasteiger partial charge in [0.2, 0.25) is 0 Å². The second-order valence-electron chi connectivity index (χ2n) is 5.24. The average molecular weight is 292 g/mol. The van der Waals surface area contributed by atoms with E-state index in [9.17, 15) is 4.79 Å². The molecule has 0 aliphatic heterocycles. The molecule has 1 aliphatic rings. The number of urea groups is 1. The van der Waals surface area contributed by atoms with Crippen molar-refractivity contribution in [2.75, 3.05) is 13.7 Å². The van der Waals surface area contributed by atoms with Gasteiger partial charge in [0, 0.05) is 25.3 Å². The van der Waals surface area contributed by atoms with Crippen LogP contribution in [0.1, 0.15) is 31.7 Å². The highest BCUT2D eigenvalue weighted by molar-refractivity contribution is 5.74. The van der Waals surface area contributed by atoms with E-state index >= 15 is 0 Å². The fourth-order valence-corrected chi connectivity index (χ4v) is 2.64. The summed E-state index contributed by atoms with van der Waals surface area (Å²) >= 11 is 0. The lowest BCUT2D eigenvalue weighted by Gasteiger charge is -2.15.